The Bertz CT molecular complexity index is 1350. The molecule has 2 aromatic carbocycles. The van der Waals surface area contributed by atoms with Crippen LogP contribution in [0.15, 0.2) is 48.0 Å². The number of ether oxygens (including phenoxy) is 2. The first-order valence-electron chi connectivity index (χ1n) is 13.9. The number of halogens is 2. The molecule has 1 aliphatic carbocycles. The lowest BCUT2D eigenvalue weighted by atomic mass is 9.87. The third-order valence-electron chi connectivity index (χ3n) is 7.03. The van der Waals surface area contributed by atoms with E-state index in [9.17, 15) is 33.8 Å². The zero-order chi connectivity index (χ0) is 31.5. The van der Waals surface area contributed by atoms with Crippen molar-refractivity contribution < 1.29 is 43.3 Å². The Balaban J connectivity index is 1.99. The van der Waals surface area contributed by atoms with E-state index in [1.165, 1.54) is 43.2 Å². The van der Waals surface area contributed by atoms with Crippen LogP contribution in [0.25, 0.3) is 0 Å². The van der Waals surface area contributed by atoms with Crippen molar-refractivity contribution >= 4 is 46.5 Å². The average Bonchev–Trinajstić information content (AvgIpc) is 2.98. The number of rotatable bonds is 15. The zero-order valence-corrected chi connectivity index (χ0v) is 26.2. The van der Waals surface area contributed by atoms with Crippen LogP contribution < -0.4 is 14.8 Å². The fraction of sp³-hybridized carbons (Fsp3) is 0.419. The fourth-order valence-corrected chi connectivity index (χ4v) is 5.64. The minimum Gasteiger partial charge on any atom is -0.493 e. The molecular weight excluding hydrogens is 674 g/mol. The molecule has 1 aliphatic rings. The van der Waals surface area contributed by atoms with Gasteiger partial charge in [0.2, 0.25) is 11.8 Å². The molecule has 0 fully saturated rings. The molecule has 2 aromatic rings. The maximum atomic E-state index is 13.9. The number of hydrogen-bond donors (Lipinski definition) is 3. The van der Waals surface area contributed by atoms with E-state index in [2.05, 4.69) is 5.32 Å². The van der Waals surface area contributed by atoms with Gasteiger partial charge in [0.1, 0.15) is 30.1 Å². The van der Waals surface area contributed by atoms with Gasteiger partial charge in [0, 0.05) is 43.5 Å². The van der Waals surface area contributed by atoms with Gasteiger partial charge in [-0.05, 0) is 78.3 Å². The van der Waals surface area contributed by atoms with Crippen molar-refractivity contribution in [3.05, 3.63) is 68.6 Å². The van der Waals surface area contributed by atoms with Crippen molar-refractivity contribution in [2.45, 2.75) is 57.3 Å². The van der Waals surface area contributed by atoms with Crippen LogP contribution in [0, 0.1) is 9.39 Å². The SMILES string of the molecule is COc1cc(C=O)cc(I)c1O[C@H]1C=C(C(=O)NCCO)C[C@@H](N(CCc2cccc(F)c2)C(=O)CCCC(C)=O)[C@@H]1O. The van der Waals surface area contributed by atoms with Gasteiger partial charge in [-0.25, -0.2) is 4.39 Å². The highest BCUT2D eigenvalue weighted by Gasteiger charge is 2.40. The molecule has 0 aromatic heterocycles. The van der Waals surface area contributed by atoms with Crippen LogP contribution in [0.4, 0.5) is 4.39 Å². The summed E-state index contributed by atoms with van der Waals surface area (Å²) < 4.78 is 26.1. The van der Waals surface area contributed by atoms with Crippen molar-refractivity contribution in [2.24, 2.45) is 0 Å². The molecular formula is C31H36FIN2O8. The number of aliphatic hydroxyl groups excluding tert-OH is 2. The van der Waals surface area contributed by atoms with Crippen molar-refractivity contribution in [1.29, 1.82) is 0 Å². The Morgan fingerprint density at radius 1 is 1.21 bits per heavy atom. The second kappa shape index (κ2) is 16.5. The van der Waals surface area contributed by atoms with E-state index in [1.807, 2.05) is 22.6 Å². The molecule has 3 N–H and O–H groups in total. The summed E-state index contributed by atoms with van der Waals surface area (Å²) in [6.07, 6.45) is 0.547. The number of aldehydes is 1. The molecule has 12 heteroatoms. The number of hydrogen-bond acceptors (Lipinski definition) is 8. The lowest BCUT2D eigenvalue weighted by Gasteiger charge is -2.41. The summed E-state index contributed by atoms with van der Waals surface area (Å²) >= 11 is 1.97. The Hall–Kier alpha value is -3.36. The van der Waals surface area contributed by atoms with E-state index in [4.69, 9.17) is 9.47 Å². The summed E-state index contributed by atoms with van der Waals surface area (Å²) in [5.74, 6) is -0.820. The standard InChI is InChI=1S/C31H36FIN2O8/c1-19(38)5-3-8-28(39)35(11-9-20-6-4-7-23(32)13-20)25-16-22(31(41)34-10-12-36)17-26(29(25)40)43-30-24(33)14-21(18-37)15-27(30)42-2/h4,6-7,13-15,17-18,25-26,29,36,40H,3,5,8-12,16H2,1-2H3,(H,34,41)/t25-,26+,29+/m1/s1. The molecule has 0 saturated carbocycles. The number of Topliss-reactive ketones (excluding diaryl/α,β-unsaturated/α-hetero) is 1. The van der Waals surface area contributed by atoms with Gasteiger partial charge in [-0.15, -0.1) is 0 Å². The summed E-state index contributed by atoms with van der Waals surface area (Å²) in [6.45, 7) is 1.27. The molecule has 0 saturated heterocycles. The summed E-state index contributed by atoms with van der Waals surface area (Å²) in [6, 6.07) is 8.14. The molecule has 0 radical (unpaired) electrons. The van der Waals surface area contributed by atoms with Crippen molar-refractivity contribution in [1.82, 2.24) is 10.2 Å². The fourth-order valence-electron chi connectivity index (χ4n) is 4.89. The van der Waals surface area contributed by atoms with Crippen LogP contribution in [-0.2, 0) is 20.8 Å². The third-order valence-corrected chi connectivity index (χ3v) is 7.83. The quantitative estimate of drug-likeness (QED) is 0.189. The van der Waals surface area contributed by atoms with Crippen LogP contribution in [0.5, 0.6) is 11.5 Å². The first kappa shape index (κ1) is 34.1. The van der Waals surface area contributed by atoms with Crippen LogP contribution in [0.1, 0.15) is 48.5 Å². The molecule has 3 atom stereocenters. The topological polar surface area (TPSA) is 142 Å². The van der Waals surface area contributed by atoms with Crippen molar-refractivity contribution in [2.75, 3.05) is 26.8 Å². The van der Waals surface area contributed by atoms with Gasteiger partial charge in [-0.1, -0.05) is 12.1 Å². The lowest BCUT2D eigenvalue weighted by molar-refractivity contribution is -0.138. The summed E-state index contributed by atoms with van der Waals surface area (Å²) in [4.78, 5) is 51.0. The Morgan fingerprint density at radius 3 is 2.63 bits per heavy atom. The zero-order valence-electron chi connectivity index (χ0n) is 24.1. The predicted molar refractivity (Wildman–Crippen MR) is 164 cm³/mol. The molecule has 0 aliphatic heterocycles. The Kier molecular flexibility index (Phi) is 13.1. The first-order chi connectivity index (χ1) is 20.6. The van der Waals surface area contributed by atoms with E-state index in [1.54, 1.807) is 18.2 Å². The number of amides is 2. The van der Waals surface area contributed by atoms with Crippen LogP contribution >= 0.6 is 22.6 Å². The molecule has 0 bridgehead atoms. The second-order valence-corrected chi connectivity index (χ2v) is 11.4. The monoisotopic (exact) mass is 710 g/mol. The van der Waals surface area contributed by atoms with Crippen LogP contribution in [0.2, 0.25) is 0 Å². The summed E-state index contributed by atoms with van der Waals surface area (Å²) in [7, 11) is 1.41. The van der Waals surface area contributed by atoms with E-state index in [-0.39, 0.29) is 74.1 Å². The van der Waals surface area contributed by atoms with Crippen LogP contribution in [-0.4, -0.2) is 84.1 Å². The molecule has 0 unspecified atom stereocenters. The van der Waals surface area contributed by atoms with Gasteiger partial charge in [0.15, 0.2) is 11.5 Å². The van der Waals surface area contributed by atoms with Gasteiger partial charge in [0.25, 0.3) is 0 Å². The molecule has 10 nitrogen and oxygen atoms in total. The maximum Gasteiger partial charge on any atom is 0.247 e. The largest absolute Gasteiger partial charge is 0.493 e. The summed E-state index contributed by atoms with van der Waals surface area (Å²) in [5.41, 5.74) is 1.24. The number of methoxy groups -OCH3 is 1. The molecule has 43 heavy (non-hydrogen) atoms. The number of carbonyl (C=O) groups excluding carboxylic acids is 4. The summed E-state index contributed by atoms with van der Waals surface area (Å²) in [5, 5.41) is 23.5. The first-order valence-corrected chi connectivity index (χ1v) is 15.0. The van der Waals surface area contributed by atoms with E-state index < -0.39 is 30.0 Å². The Labute approximate surface area is 263 Å². The van der Waals surface area contributed by atoms with E-state index in [0.29, 0.717) is 27.4 Å². The number of carbonyl (C=O) groups is 4. The van der Waals surface area contributed by atoms with Gasteiger partial charge >= 0.3 is 0 Å². The van der Waals surface area contributed by atoms with Gasteiger partial charge < -0.3 is 34.7 Å². The maximum absolute atomic E-state index is 13.9. The van der Waals surface area contributed by atoms with Gasteiger partial charge in [-0.3, -0.25) is 14.4 Å². The van der Waals surface area contributed by atoms with Gasteiger partial charge in [0.05, 0.1) is 23.3 Å². The van der Waals surface area contributed by atoms with E-state index >= 15 is 0 Å². The predicted octanol–water partition coefficient (Wildman–Crippen LogP) is 3.00. The van der Waals surface area contributed by atoms with Crippen LogP contribution in [0.3, 0.4) is 0 Å². The highest BCUT2D eigenvalue weighted by molar-refractivity contribution is 14.1. The van der Waals surface area contributed by atoms with Gasteiger partial charge in [-0.2, -0.15) is 0 Å². The number of aliphatic hydroxyl groups is 2. The molecule has 0 spiro atoms. The van der Waals surface area contributed by atoms with E-state index in [0.717, 1.165) is 0 Å². The number of ketones is 1. The van der Waals surface area contributed by atoms with Crippen molar-refractivity contribution in [3.8, 4) is 11.5 Å². The highest BCUT2D eigenvalue weighted by atomic mass is 127. The number of nitrogens with one attached hydrogen (secondary N) is 1. The minimum atomic E-state index is -1.30. The minimum absolute atomic E-state index is 0.00105. The Morgan fingerprint density at radius 2 is 1.98 bits per heavy atom. The molecule has 2 amide bonds. The highest BCUT2D eigenvalue weighted by Crippen LogP contribution is 2.37. The second-order valence-electron chi connectivity index (χ2n) is 10.2. The molecule has 3 rings (SSSR count). The lowest BCUT2D eigenvalue weighted by Crippen LogP contribution is -2.55. The third kappa shape index (κ3) is 9.57. The number of benzene rings is 2. The molecule has 232 valence electrons. The van der Waals surface area contributed by atoms with Crippen molar-refractivity contribution in [3.63, 3.8) is 0 Å². The average molecular weight is 711 g/mol. The normalized spacial score (nSPS) is 17.9. The smallest absolute Gasteiger partial charge is 0.247 e. The molecule has 0 heterocycles. The number of nitrogens with zero attached hydrogens (tertiary/aromatic N) is 1.